The van der Waals surface area contributed by atoms with Crippen LogP contribution in [0, 0.1) is 0 Å². The largest absolute Gasteiger partial charge is 0.442 e. The number of rotatable bonds is 2. The van der Waals surface area contributed by atoms with Crippen molar-refractivity contribution in [3.8, 4) is 0 Å². The summed E-state index contributed by atoms with van der Waals surface area (Å²) in [7, 11) is 0. The van der Waals surface area contributed by atoms with Crippen molar-refractivity contribution in [3.05, 3.63) is 18.5 Å². The molecule has 1 rings (SSSR count). The molecule has 0 spiro atoms. The fourth-order valence-corrected chi connectivity index (χ4v) is 1.27. The second-order valence-corrected chi connectivity index (χ2v) is 6.48. The van der Waals surface area contributed by atoms with E-state index in [0.29, 0.717) is 0 Å². The molecule has 22 heavy (non-hydrogen) atoms. The maximum atomic E-state index is 12.2. The predicted molar refractivity (Wildman–Crippen MR) is 81.4 cm³/mol. The van der Waals surface area contributed by atoms with E-state index >= 15 is 0 Å². The molecule has 8 heteroatoms. The third kappa shape index (κ3) is 6.38. The Morgan fingerprint density at radius 1 is 1.14 bits per heavy atom. The van der Waals surface area contributed by atoms with Crippen molar-refractivity contribution >= 4 is 18.5 Å². The summed E-state index contributed by atoms with van der Waals surface area (Å²) in [4.78, 5) is 28.6. The summed E-state index contributed by atoms with van der Waals surface area (Å²) in [5.41, 5.74) is -1.36. The molecule has 0 bridgehead atoms. The van der Waals surface area contributed by atoms with Crippen molar-refractivity contribution < 1.29 is 19.1 Å². The van der Waals surface area contributed by atoms with E-state index in [1.807, 2.05) is 0 Å². The number of ether oxygens (including phenoxy) is 2. The number of nitrogens with zero attached hydrogens (tertiary/aromatic N) is 4. The van der Waals surface area contributed by atoms with E-state index in [0.717, 1.165) is 11.3 Å². The predicted octanol–water partition coefficient (Wildman–Crippen LogP) is 2.72. The maximum absolute atomic E-state index is 12.2. The van der Waals surface area contributed by atoms with E-state index in [2.05, 4.69) is 10.1 Å². The summed E-state index contributed by atoms with van der Waals surface area (Å²) in [5, 5.41) is 4.89. The molecule has 0 aliphatic heterocycles. The van der Waals surface area contributed by atoms with E-state index in [4.69, 9.17) is 9.47 Å². The van der Waals surface area contributed by atoms with Crippen LogP contribution in [0.4, 0.5) is 9.59 Å². The Kier molecular flexibility index (Phi) is 5.29. The van der Waals surface area contributed by atoms with Crippen LogP contribution in [0.15, 0.2) is 23.5 Å². The quantitative estimate of drug-likeness (QED) is 0.619. The van der Waals surface area contributed by atoms with Gasteiger partial charge in [0.05, 0.1) is 6.20 Å². The van der Waals surface area contributed by atoms with E-state index in [1.165, 1.54) is 17.2 Å². The lowest BCUT2D eigenvalue weighted by Gasteiger charge is -2.24. The molecule has 0 N–H and O–H groups in total. The van der Waals surface area contributed by atoms with Gasteiger partial charge in [-0.25, -0.2) is 9.59 Å². The van der Waals surface area contributed by atoms with Crippen LogP contribution in [-0.2, 0) is 9.47 Å². The molecule has 0 saturated heterocycles. The molecule has 0 aliphatic carbocycles. The standard InChI is InChI=1S/C14H22N4O4/c1-13(2,3)21-11(19)15-10-17(18-9-7-8-16-18)12(20)22-14(4,5)6/h7-10H,1-6H3/b15-10+. The second kappa shape index (κ2) is 6.59. The van der Waals surface area contributed by atoms with Crippen molar-refractivity contribution in [1.82, 2.24) is 9.89 Å². The molecular formula is C14H22N4O4. The average molecular weight is 310 g/mol. The third-order valence-corrected chi connectivity index (χ3v) is 1.96. The van der Waals surface area contributed by atoms with Gasteiger partial charge < -0.3 is 9.47 Å². The summed E-state index contributed by atoms with van der Waals surface area (Å²) in [6.45, 7) is 10.4. The minimum absolute atomic E-state index is 0.670. The highest BCUT2D eigenvalue weighted by molar-refractivity contribution is 5.99. The molecule has 8 nitrogen and oxygen atoms in total. The molecule has 0 radical (unpaired) electrons. The average Bonchev–Trinajstić information content (AvgIpc) is 2.77. The normalized spacial score (nSPS) is 12.3. The Bertz CT molecular complexity index is 538. The molecular weight excluding hydrogens is 288 g/mol. The van der Waals surface area contributed by atoms with Crippen LogP contribution in [0.3, 0.4) is 0 Å². The van der Waals surface area contributed by atoms with Gasteiger partial charge in [-0.05, 0) is 47.6 Å². The molecule has 0 saturated carbocycles. The SMILES string of the molecule is CC(C)(C)OC(=O)/N=C/N(C(=O)OC(C)(C)C)n1cccn1. The Balaban J connectivity index is 2.89. The number of carbonyl (C=O) groups is 2. The van der Waals surface area contributed by atoms with Gasteiger partial charge in [0.15, 0.2) is 0 Å². The maximum Gasteiger partial charge on any atom is 0.436 e. The van der Waals surface area contributed by atoms with Crippen LogP contribution in [0.5, 0.6) is 0 Å². The zero-order valence-corrected chi connectivity index (χ0v) is 13.7. The number of carbonyl (C=O) groups excluding carboxylic acids is 2. The van der Waals surface area contributed by atoms with Crippen LogP contribution < -0.4 is 5.01 Å². The zero-order valence-electron chi connectivity index (χ0n) is 13.7. The first kappa shape index (κ1) is 17.7. The zero-order chi connectivity index (χ0) is 17.0. The number of aliphatic imine (C=N–C) groups is 1. The molecule has 0 aromatic carbocycles. The highest BCUT2D eigenvalue weighted by Gasteiger charge is 2.23. The molecule has 1 aromatic rings. The van der Waals surface area contributed by atoms with Crippen molar-refractivity contribution in [2.45, 2.75) is 52.7 Å². The Morgan fingerprint density at radius 2 is 1.73 bits per heavy atom. The number of aromatic nitrogens is 2. The van der Waals surface area contributed by atoms with Gasteiger partial charge in [-0.15, -0.1) is 0 Å². The lowest BCUT2D eigenvalue weighted by Crippen LogP contribution is -2.43. The molecule has 0 fully saturated rings. The van der Waals surface area contributed by atoms with E-state index in [1.54, 1.807) is 47.6 Å². The number of hydrogen-bond acceptors (Lipinski definition) is 5. The fourth-order valence-electron chi connectivity index (χ4n) is 1.27. The molecule has 0 aliphatic rings. The molecule has 1 heterocycles. The van der Waals surface area contributed by atoms with Crippen LogP contribution in [-0.4, -0.2) is 39.6 Å². The monoisotopic (exact) mass is 310 g/mol. The number of amides is 2. The van der Waals surface area contributed by atoms with Gasteiger partial charge in [-0.1, -0.05) is 0 Å². The minimum atomic E-state index is -0.812. The first-order valence-corrected chi connectivity index (χ1v) is 6.77. The van der Waals surface area contributed by atoms with Gasteiger partial charge >= 0.3 is 12.2 Å². The summed E-state index contributed by atoms with van der Waals surface area (Å²) in [6, 6.07) is 1.62. The molecule has 122 valence electrons. The van der Waals surface area contributed by atoms with E-state index in [-0.39, 0.29) is 0 Å². The summed E-state index contributed by atoms with van der Waals surface area (Å²) < 4.78 is 10.3. The summed E-state index contributed by atoms with van der Waals surface area (Å²) >= 11 is 0. The summed E-state index contributed by atoms with van der Waals surface area (Å²) in [6.07, 6.45) is 2.48. The third-order valence-electron chi connectivity index (χ3n) is 1.96. The van der Waals surface area contributed by atoms with Crippen LogP contribution in [0.25, 0.3) is 0 Å². The highest BCUT2D eigenvalue weighted by atomic mass is 16.6. The van der Waals surface area contributed by atoms with Crippen molar-refractivity contribution in [3.63, 3.8) is 0 Å². The van der Waals surface area contributed by atoms with E-state index < -0.39 is 23.4 Å². The molecule has 2 amide bonds. The molecule has 0 atom stereocenters. The first-order chi connectivity index (χ1) is 9.98. The highest BCUT2D eigenvalue weighted by Crippen LogP contribution is 2.10. The lowest BCUT2D eigenvalue weighted by molar-refractivity contribution is 0.0567. The van der Waals surface area contributed by atoms with Gasteiger partial charge in [0.1, 0.15) is 17.5 Å². The van der Waals surface area contributed by atoms with Crippen molar-refractivity contribution in [1.29, 1.82) is 0 Å². The Labute approximate surface area is 129 Å². The van der Waals surface area contributed by atoms with Gasteiger partial charge in [0.2, 0.25) is 0 Å². The van der Waals surface area contributed by atoms with E-state index in [9.17, 15) is 9.59 Å². The van der Waals surface area contributed by atoms with Gasteiger partial charge in [-0.3, -0.25) is 0 Å². The smallest absolute Gasteiger partial charge is 0.436 e. The second-order valence-electron chi connectivity index (χ2n) is 6.48. The number of hydrogen-bond donors (Lipinski definition) is 0. The first-order valence-electron chi connectivity index (χ1n) is 6.77. The topological polar surface area (TPSA) is 86.0 Å². The van der Waals surface area contributed by atoms with Gasteiger partial charge in [-0.2, -0.15) is 19.9 Å². The van der Waals surface area contributed by atoms with Crippen LogP contribution in [0.2, 0.25) is 0 Å². The summed E-state index contributed by atoms with van der Waals surface area (Å²) in [5.74, 6) is 0. The van der Waals surface area contributed by atoms with Crippen molar-refractivity contribution in [2.24, 2.45) is 4.99 Å². The van der Waals surface area contributed by atoms with Gasteiger partial charge in [0.25, 0.3) is 0 Å². The Morgan fingerprint density at radius 3 is 2.18 bits per heavy atom. The van der Waals surface area contributed by atoms with Crippen LogP contribution in [0.1, 0.15) is 41.5 Å². The molecule has 0 unspecified atom stereocenters. The Hall–Kier alpha value is -2.38. The minimum Gasteiger partial charge on any atom is -0.442 e. The fraction of sp³-hybridized carbons (Fsp3) is 0.571. The molecule has 1 aromatic heterocycles. The van der Waals surface area contributed by atoms with Crippen molar-refractivity contribution in [2.75, 3.05) is 5.01 Å². The van der Waals surface area contributed by atoms with Crippen LogP contribution >= 0.6 is 0 Å². The van der Waals surface area contributed by atoms with Gasteiger partial charge in [0, 0.05) is 6.20 Å². The lowest BCUT2D eigenvalue weighted by atomic mass is 10.2.